The van der Waals surface area contributed by atoms with E-state index in [0.717, 1.165) is 15.2 Å². The average Bonchev–Trinajstić information content (AvgIpc) is 3.50. The Morgan fingerprint density at radius 2 is 1.16 bits per heavy atom. The average molecular weight is 652 g/mol. The van der Waals surface area contributed by atoms with E-state index in [1.54, 1.807) is 19.1 Å². The van der Waals surface area contributed by atoms with Crippen LogP contribution in [0.1, 0.15) is 51.5 Å². The van der Waals surface area contributed by atoms with Crippen LogP contribution in [-0.4, -0.2) is 46.6 Å². The fraction of sp³-hybridized carbons (Fsp3) is 0.276. The number of rotatable bonds is 6. The van der Waals surface area contributed by atoms with Crippen molar-refractivity contribution in [2.75, 3.05) is 13.2 Å². The molecular weight excluding hydrogens is 632 g/mol. The molecule has 0 unspecified atom stereocenters. The Balaban J connectivity index is 0.000000246. The summed E-state index contributed by atoms with van der Waals surface area (Å²) in [6.07, 6.45) is -9.08. The summed E-state index contributed by atoms with van der Waals surface area (Å²) in [5, 5.41) is 27.4. The third kappa shape index (κ3) is 7.66. The molecule has 0 radical (unpaired) electrons. The molecule has 2 aromatic heterocycles. The fourth-order valence-electron chi connectivity index (χ4n) is 4.38. The maximum absolute atomic E-state index is 12.8. The van der Waals surface area contributed by atoms with Crippen molar-refractivity contribution in [3.8, 4) is 18.2 Å². The van der Waals surface area contributed by atoms with Crippen LogP contribution in [0, 0.1) is 34.0 Å². The second-order valence-corrected chi connectivity index (χ2v) is 9.40. The van der Waals surface area contributed by atoms with Crippen molar-refractivity contribution in [1.29, 1.82) is 15.8 Å². The van der Waals surface area contributed by atoms with E-state index in [0.29, 0.717) is 0 Å². The number of aromatic nitrogens is 2. The van der Waals surface area contributed by atoms with Crippen LogP contribution in [0.5, 0.6) is 0 Å². The van der Waals surface area contributed by atoms with Crippen LogP contribution in [0.3, 0.4) is 0 Å². The molecule has 2 heterocycles. The summed E-state index contributed by atoms with van der Waals surface area (Å²) in [6, 6.07) is 13.0. The van der Waals surface area contributed by atoms with Crippen LogP contribution < -0.4 is 0 Å². The zero-order valence-electron chi connectivity index (χ0n) is 23.3. The molecule has 4 aromatic rings. The molecule has 0 aliphatic rings. The van der Waals surface area contributed by atoms with Gasteiger partial charge in [0.2, 0.25) is 0 Å². The molecule has 0 saturated carbocycles. The van der Waals surface area contributed by atoms with Gasteiger partial charge in [0, 0.05) is 10.8 Å². The lowest BCUT2D eigenvalue weighted by Gasteiger charge is -2.12. The molecule has 9 nitrogen and oxygen atoms in total. The summed E-state index contributed by atoms with van der Waals surface area (Å²) in [5.74, 6) is -1.80. The van der Waals surface area contributed by atoms with E-state index in [1.165, 1.54) is 37.3 Å². The molecule has 0 atom stereocenters. The Morgan fingerprint density at radius 1 is 0.733 bits per heavy atom. The van der Waals surface area contributed by atoms with Crippen LogP contribution in [0.4, 0.5) is 26.3 Å². The molecule has 16 heteroatoms. The van der Waals surface area contributed by atoms with Crippen molar-refractivity contribution in [2.24, 2.45) is 0 Å². The highest BCUT2D eigenvalue weighted by molar-refractivity contribution is 6.36. The number of carbonyl (C=O) groups excluding carboxylic acids is 2. The molecule has 0 bridgehead atoms. The monoisotopic (exact) mass is 651 g/mol. The van der Waals surface area contributed by atoms with Gasteiger partial charge in [0.05, 0.1) is 46.0 Å². The number of hydrogen-bond donors (Lipinski definition) is 0. The zero-order valence-corrected chi connectivity index (χ0v) is 24.1. The molecule has 45 heavy (non-hydrogen) atoms. The van der Waals surface area contributed by atoms with Crippen LogP contribution in [0.15, 0.2) is 36.4 Å². The number of benzene rings is 2. The van der Waals surface area contributed by atoms with E-state index in [-0.39, 0.29) is 68.1 Å². The molecular formula is C29H20ClF6N5O4. The SMILES string of the molecule is CCOC(=O)c1cc2c(C#N)c(C#N)ccc2n1CC(F)(F)F.CCOC(=O)c1cc2c(Cl)c(C#N)ccc2n1CC(F)(F)F. The van der Waals surface area contributed by atoms with Gasteiger partial charge >= 0.3 is 24.3 Å². The fourth-order valence-corrected chi connectivity index (χ4v) is 4.64. The van der Waals surface area contributed by atoms with E-state index < -0.39 is 37.4 Å². The van der Waals surface area contributed by atoms with Crippen molar-refractivity contribution in [3.63, 3.8) is 0 Å². The Kier molecular flexibility index (Phi) is 10.4. The number of halogens is 7. The van der Waals surface area contributed by atoms with Gasteiger partial charge in [-0.15, -0.1) is 0 Å². The number of ether oxygens (including phenoxy) is 2. The van der Waals surface area contributed by atoms with Gasteiger partial charge in [-0.2, -0.15) is 42.1 Å². The first-order chi connectivity index (χ1) is 21.1. The lowest BCUT2D eigenvalue weighted by atomic mass is 10.1. The van der Waals surface area contributed by atoms with Gasteiger partial charge in [-0.25, -0.2) is 9.59 Å². The van der Waals surface area contributed by atoms with Crippen molar-refractivity contribution in [2.45, 2.75) is 39.3 Å². The summed E-state index contributed by atoms with van der Waals surface area (Å²) in [5.41, 5.74) is -0.341. The highest BCUT2D eigenvalue weighted by Gasteiger charge is 2.33. The Morgan fingerprint density at radius 3 is 1.56 bits per heavy atom. The van der Waals surface area contributed by atoms with Crippen molar-refractivity contribution >= 4 is 45.3 Å². The highest BCUT2D eigenvalue weighted by Crippen LogP contribution is 2.33. The molecule has 2 aromatic carbocycles. The summed E-state index contributed by atoms with van der Waals surface area (Å²) < 4.78 is 87.8. The lowest BCUT2D eigenvalue weighted by Crippen LogP contribution is -2.21. The van der Waals surface area contributed by atoms with Gasteiger partial charge in [-0.3, -0.25) is 0 Å². The highest BCUT2D eigenvalue weighted by atomic mass is 35.5. The summed E-state index contributed by atoms with van der Waals surface area (Å²) in [6.45, 7) is 0.358. The van der Waals surface area contributed by atoms with E-state index in [4.69, 9.17) is 31.6 Å². The largest absolute Gasteiger partial charge is 0.461 e. The number of esters is 2. The third-order valence-corrected chi connectivity index (χ3v) is 6.51. The molecule has 234 valence electrons. The summed E-state index contributed by atoms with van der Waals surface area (Å²) in [4.78, 5) is 23.8. The minimum Gasteiger partial charge on any atom is -0.461 e. The Hall–Kier alpha value is -5.20. The normalized spacial score (nSPS) is 11.2. The van der Waals surface area contributed by atoms with Crippen LogP contribution in [-0.2, 0) is 22.6 Å². The van der Waals surface area contributed by atoms with Gasteiger partial charge < -0.3 is 18.6 Å². The lowest BCUT2D eigenvalue weighted by molar-refractivity contribution is -0.141. The first-order valence-corrected chi connectivity index (χ1v) is 13.1. The number of fused-ring (bicyclic) bond motifs is 2. The maximum atomic E-state index is 12.8. The third-order valence-electron chi connectivity index (χ3n) is 6.10. The van der Waals surface area contributed by atoms with Gasteiger partial charge in [0.1, 0.15) is 42.7 Å². The van der Waals surface area contributed by atoms with Crippen molar-refractivity contribution in [1.82, 2.24) is 9.13 Å². The molecule has 0 aliphatic carbocycles. The van der Waals surface area contributed by atoms with E-state index in [9.17, 15) is 41.2 Å². The van der Waals surface area contributed by atoms with Gasteiger partial charge in [0.25, 0.3) is 0 Å². The Labute approximate surface area is 255 Å². The molecule has 0 amide bonds. The minimum absolute atomic E-state index is 0.000922. The standard InChI is InChI=1S/C15H10F3N3O2.C14H10ClF3N2O2/c1-2-23-14(22)13-5-10-11(7-20)9(6-19)3-4-12(10)21(13)8-15(16,17)18;1-2-22-13(21)11-5-9-10(20(11)7-14(16,17)18)4-3-8(6-19)12(9)15/h3-5H,2,8H2,1H3;3-5H,2,7H2,1H3. The molecule has 0 aliphatic heterocycles. The van der Waals surface area contributed by atoms with E-state index in [1.807, 2.05) is 6.07 Å². The van der Waals surface area contributed by atoms with Gasteiger partial charge in [-0.05, 0) is 50.2 Å². The molecule has 4 rings (SSSR count). The number of nitrogens with zero attached hydrogens (tertiary/aromatic N) is 5. The minimum atomic E-state index is -4.56. The first kappa shape index (κ1) is 34.3. The Bertz CT molecular complexity index is 1910. The predicted molar refractivity (Wildman–Crippen MR) is 147 cm³/mol. The van der Waals surface area contributed by atoms with Crippen LogP contribution in [0.2, 0.25) is 5.02 Å². The molecule has 0 spiro atoms. The number of carbonyl (C=O) groups is 2. The topological polar surface area (TPSA) is 134 Å². The van der Waals surface area contributed by atoms with Gasteiger partial charge in [0.15, 0.2) is 0 Å². The van der Waals surface area contributed by atoms with Crippen molar-refractivity contribution in [3.05, 3.63) is 69.5 Å². The predicted octanol–water partition coefficient (Wildman–Crippen LogP) is 7.03. The van der Waals surface area contributed by atoms with Crippen LogP contribution in [0.25, 0.3) is 21.8 Å². The second-order valence-electron chi connectivity index (χ2n) is 9.02. The van der Waals surface area contributed by atoms with Crippen molar-refractivity contribution < 1.29 is 45.4 Å². The number of hydrogen-bond acceptors (Lipinski definition) is 7. The molecule has 0 fully saturated rings. The number of alkyl halides is 6. The van der Waals surface area contributed by atoms with Crippen LogP contribution >= 0.6 is 11.6 Å². The maximum Gasteiger partial charge on any atom is 0.406 e. The molecule has 0 saturated heterocycles. The summed E-state index contributed by atoms with van der Waals surface area (Å²) in [7, 11) is 0. The van der Waals surface area contributed by atoms with Gasteiger partial charge in [-0.1, -0.05) is 11.6 Å². The smallest absolute Gasteiger partial charge is 0.406 e. The summed E-state index contributed by atoms with van der Waals surface area (Å²) >= 11 is 6.01. The first-order valence-electron chi connectivity index (χ1n) is 12.8. The quantitative estimate of drug-likeness (QED) is 0.161. The van der Waals surface area contributed by atoms with E-state index in [2.05, 4.69) is 0 Å². The van der Waals surface area contributed by atoms with E-state index >= 15 is 0 Å². The zero-order chi connectivity index (χ0) is 33.7. The second kappa shape index (κ2) is 13.6. The molecule has 0 N–H and O–H groups in total. The number of nitriles is 3.